The zero-order chi connectivity index (χ0) is 12.0. The summed E-state index contributed by atoms with van der Waals surface area (Å²) >= 11 is 0. The monoisotopic (exact) mass is 218 g/mol. The highest BCUT2D eigenvalue weighted by atomic mass is 14.1. The normalized spacial score (nSPS) is 11.1. The van der Waals surface area contributed by atoms with Gasteiger partial charge in [0.15, 0.2) is 0 Å². The van der Waals surface area contributed by atoms with Crippen LogP contribution in [-0.4, -0.2) is 0 Å². The zero-order valence-electron chi connectivity index (χ0n) is 11.3. The van der Waals surface area contributed by atoms with Crippen LogP contribution in [0.3, 0.4) is 0 Å². The van der Waals surface area contributed by atoms with E-state index in [9.17, 15) is 0 Å². The Morgan fingerprint density at radius 2 is 1.81 bits per heavy atom. The minimum atomic E-state index is 0.654. The predicted molar refractivity (Wildman–Crippen MR) is 73.1 cm³/mol. The summed E-state index contributed by atoms with van der Waals surface area (Å²) in [6.45, 7) is 9.05. The van der Waals surface area contributed by atoms with Crippen LogP contribution in [0.25, 0.3) is 0 Å². The van der Waals surface area contributed by atoms with Gasteiger partial charge in [-0.2, -0.15) is 0 Å². The van der Waals surface area contributed by atoms with Crippen molar-refractivity contribution in [2.75, 3.05) is 0 Å². The van der Waals surface area contributed by atoms with Gasteiger partial charge in [0.05, 0.1) is 0 Å². The molecule has 0 unspecified atom stereocenters. The summed E-state index contributed by atoms with van der Waals surface area (Å²) in [7, 11) is 0. The van der Waals surface area contributed by atoms with Gasteiger partial charge in [-0.05, 0) is 36.8 Å². The number of aryl methyl sites for hydroxylation is 2. The average Bonchev–Trinajstić information content (AvgIpc) is 2.24. The first-order chi connectivity index (χ1) is 7.65. The quantitative estimate of drug-likeness (QED) is 0.573. The lowest BCUT2D eigenvalue weighted by Crippen LogP contribution is -1.97. The fourth-order valence-corrected chi connectivity index (χ4v) is 2.26. The van der Waals surface area contributed by atoms with Crippen molar-refractivity contribution in [2.24, 2.45) is 0 Å². The second-order valence-corrected chi connectivity index (χ2v) is 5.17. The molecule has 0 aliphatic heterocycles. The molecule has 0 spiro atoms. The van der Waals surface area contributed by atoms with Crippen molar-refractivity contribution in [3.63, 3.8) is 0 Å². The number of hydrogen-bond donors (Lipinski definition) is 0. The Labute approximate surface area is 101 Å². The summed E-state index contributed by atoms with van der Waals surface area (Å²) < 4.78 is 0. The molecular weight excluding hydrogens is 192 g/mol. The third-order valence-corrected chi connectivity index (χ3v) is 3.22. The van der Waals surface area contributed by atoms with Gasteiger partial charge < -0.3 is 0 Å². The summed E-state index contributed by atoms with van der Waals surface area (Å²) in [5, 5.41) is 0. The van der Waals surface area contributed by atoms with E-state index in [1.165, 1.54) is 37.7 Å². The van der Waals surface area contributed by atoms with E-state index in [0.29, 0.717) is 5.92 Å². The van der Waals surface area contributed by atoms with E-state index >= 15 is 0 Å². The highest BCUT2D eigenvalue weighted by molar-refractivity contribution is 5.33. The topological polar surface area (TPSA) is 0 Å². The maximum Gasteiger partial charge on any atom is -0.0216 e. The molecule has 1 aromatic carbocycles. The minimum Gasteiger partial charge on any atom is -0.0654 e. The van der Waals surface area contributed by atoms with Gasteiger partial charge in [-0.3, -0.25) is 0 Å². The second kappa shape index (κ2) is 6.73. The van der Waals surface area contributed by atoms with Crippen LogP contribution in [0, 0.1) is 6.92 Å². The molecule has 0 bridgehead atoms. The van der Waals surface area contributed by atoms with Crippen LogP contribution >= 0.6 is 0 Å². The summed E-state index contributed by atoms with van der Waals surface area (Å²) in [5.41, 5.74) is 4.52. The zero-order valence-corrected chi connectivity index (χ0v) is 11.3. The van der Waals surface area contributed by atoms with Gasteiger partial charge in [-0.15, -0.1) is 0 Å². The molecule has 0 aromatic heterocycles. The van der Waals surface area contributed by atoms with Crippen LogP contribution in [0.1, 0.15) is 69.1 Å². The summed E-state index contributed by atoms with van der Waals surface area (Å²) in [6.07, 6.45) is 6.68. The van der Waals surface area contributed by atoms with Gasteiger partial charge in [0.1, 0.15) is 0 Å². The number of unbranched alkanes of at least 4 members (excludes halogenated alkanes) is 3. The fourth-order valence-electron chi connectivity index (χ4n) is 2.26. The van der Waals surface area contributed by atoms with Gasteiger partial charge in [0.2, 0.25) is 0 Å². The summed E-state index contributed by atoms with van der Waals surface area (Å²) in [4.78, 5) is 0. The highest BCUT2D eigenvalue weighted by Crippen LogP contribution is 2.22. The molecule has 90 valence electrons. The van der Waals surface area contributed by atoms with Gasteiger partial charge in [-0.1, -0.05) is 63.8 Å². The predicted octanol–water partition coefficient (Wildman–Crippen LogP) is 5.24. The molecule has 0 saturated heterocycles. The van der Waals surface area contributed by atoms with Crippen LogP contribution in [0.4, 0.5) is 0 Å². The Morgan fingerprint density at radius 1 is 1.06 bits per heavy atom. The van der Waals surface area contributed by atoms with Gasteiger partial charge in [0, 0.05) is 0 Å². The van der Waals surface area contributed by atoms with E-state index < -0.39 is 0 Å². The molecule has 16 heavy (non-hydrogen) atoms. The first kappa shape index (κ1) is 13.3. The first-order valence-corrected chi connectivity index (χ1v) is 6.74. The van der Waals surface area contributed by atoms with Crippen molar-refractivity contribution in [3.05, 3.63) is 34.9 Å². The molecule has 1 rings (SSSR count). The second-order valence-electron chi connectivity index (χ2n) is 5.17. The molecular formula is C16H26. The van der Waals surface area contributed by atoms with E-state index in [1.54, 1.807) is 11.1 Å². The van der Waals surface area contributed by atoms with Crippen LogP contribution in [-0.2, 0) is 6.42 Å². The lowest BCUT2D eigenvalue weighted by molar-refractivity contribution is 0.661. The lowest BCUT2D eigenvalue weighted by Gasteiger charge is -2.13. The smallest absolute Gasteiger partial charge is 0.0216 e. The molecule has 0 atom stereocenters. The Balaban J connectivity index is 2.65. The third-order valence-electron chi connectivity index (χ3n) is 3.22. The van der Waals surface area contributed by atoms with E-state index in [-0.39, 0.29) is 0 Å². The highest BCUT2D eigenvalue weighted by Gasteiger charge is 2.06. The molecule has 0 heterocycles. The molecule has 0 nitrogen and oxygen atoms in total. The van der Waals surface area contributed by atoms with Crippen molar-refractivity contribution < 1.29 is 0 Å². The van der Waals surface area contributed by atoms with Crippen LogP contribution in [0.5, 0.6) is 0 Å². The molecule has 0 N–H and O–H groups in total. The number of hydrogen-bond acceptors (Lipinski definition) is 0. The average molecular weight is 218 g/mol. The molecule has 0 radical (unpaired) electrons. The standard InChI is InChI=1S/C16H26/c1-5-6-7-8-9-15-12-14(4)10-11-16(15)13(2)3/h10-13H,5-9H2,1-4H3. The van der Waals surface area contributed by atoms with Gasteiger partial charge in [-0.25, -0.2) is 0 Å². The first-order valence-electron chi connectivity index (χ1n) is 6.74. The van der Waals surface area contributed by atoms with Crippen molar-refractivity contribution in [2.45, 2.75) is 65.7 Å². The largest absolute Gasteiger partial charge is 0.0654 e. The maximum atomic E-state index is 2.38. The number of benzene rings is 1. The molecule has 0 saturated carbocycles. The van der Waals surface area contributed by atoms with Crippen LogP contribution in [0.2, 0.25) is 0 Å². The number of rotatable bonds is 6. The third kappa shape index (κ3) is 4.00. The molecule has 0 fully saturated rings. The molecule has 0 amide bonds. The molecule has 0 aliphatic carbocycles. The van der Waals surface area contributed by atoms with Crippen LogP contribution in [0.15, 0.2) is 18.2 Å². The Bertz CT molecular complexity index is 310. The lowest BCUT2D eigenvalue weighted by atomic mass is 9.92. The van der Waals surface area contributed by atoms with E-state index in [2.05, 4.69) is 45.9 Å². The Hall–Kier alpha value is -0.780. The molecule has 0 heteroatoms. The fraction of sp³-hybridized carbons (Fsp3) is 0.625. The van der Waals surface area contributed by atoms with Crippen molar-refractivity contribution in [3.8, 4) is 0 Å². The van der Waals surface area contributed by atoms with Crippen LogP contribution < -0.4 is 0 Å². The van der Waals surface area contributed by atoms with E-state index in [0.717, 1.165) is 0 Å². The Kier molecular flexibility index (Phi) is 5.59. The molecule has 0 aliphatic rings. The van der Waals surface area contributed by atoms with Gasteiger partial charge >= 0.3 is 0 Å². The minimum absolute atomic E-state index is 0.654. The van der Waals surface area contributed by atoms with Crippen molar-refractivity contribution in [1.29, 1.82) is 0 Å². The van der Waals surface area contributed by atoms with Gasteiger partial charge in [0.25, 0.3) is 0 Å². The summed E-state index contributed by atoms with van der Waals surface area (Å²) in [6, 6.07) is 6.93. The van der Waals surface area contributed by atoms with E-state index in [4.69, 9.17) is 0 Å². The summed E-state index contributed by atoms with van der Waals surface area (Å²) in [5.74, 6) is 0.654. The SMILES string of the molecule is CCCCCCc1cc(C)ccc1C(C)C. The van der Waals surface area contributed by atoms with E-state index in [1.807, 2.05) is 0 Å². The Morgan fingerprint density at radius 3 is 2.44 bits per heavy atom. The van der Waals surface area contributed by atoms with Crippen molar-refractivity contribution >= 4 is 0 Å². The van der Waals surface area contributed by atoms with Crippen molar-refractivity contribution in [1.82, 2.24) is 0 Å². The maximum absolute atomic E-state index is 2.38. The molecule has 1 aromatic rings.